The van der Waals surface area contributed by atoms with Crippen LogP contribution in [0.25, 0.3) is 0 Å². The number of rotatable bonds is 2. The molecule has 1 aliphatic rings. The fraction of sp³-hybridized carbons (Fsp3) is 0.875. The molecule has 74 valence electrons. The predicted molar refractivity (Wildman–Crippen MR) is 49.3 cm³/mol. The minimum absolute atomic E-state index is 0.0494. The second kappa shape index (κ2) is 3.64. The van der Waals surface area contributed by atoms with Crippen molar-refractivity contribution in [1.82, 2.24) is 4.31 Å². The highest BCUT2D eigenvalue weighted by Gasteiger charge is 2.34. The van der Waals surface area contributed by atoms with Gasteiger partial charge in [-0.25, -0.2) is 8.42 Å². The number of nitriles is 1. The van der Waals surface area contributed by atoms with Crippen LogP contribution >= 0.6 is 0 Å². The Bertz CT molecular complexity index is 318. The van der Waals surface area contributed by atoms with Crippen LogP contribution < -0.4 is 0 Å². The number of nitrogens with zero attached hydrogens (tertiary/aromatic N) is 2. The Kier molecular flexibility index (Phi) is 2.94. The molecule has 0 aromatic carbocycles. The molecule has 0 amide bonds. The second-order valence-electron chi connectivity index (χ2n) is 3.67. The Morgan fingerprint density at radius 2 is 2.15 bits per heavy atom. The minimum atomic E-state index is -3.32. The molecule has 0 aromatic rings. The Labute approximate surface area is 79.2 Å². The molecule has 0 N–H and O–H groups in total. The van der Waals surface area contributed by atoms with Crippen LogP contribution in [0.4, 0.5) is 0 Å². The van der Waals surface area contributed by atoms with Crippen molar-refractivity contribution in [2.45, 2.75) is 26.3 Å². The third-order valence-corrected chi connectivity index (χ3v) is 4.05. The third kappa shape index (κ3) is 2.20. The largest absolute Gasteiger partial charge is 0.227 e. The minimum Gasteiger partial charge on any atom is -0.211 e. The average Bonchev–Trinajstić information content (AvgIpc) is 2.30. The quantitative estimate of drug-likeness (QED) is 0.657. The van der Waals surface area contributed by atoms with Crippen molar-refractivity contribution < 1.29 is 8.42 Å². The third-order valence-electron chi connectivity index (χ3n) is 2.33. The summed E-state index contributed by atoms with van der Waals surface area (Å²) in [5, 5.41) is 8.36. The summed E-state index contributed by atoms with van der Waals surface area (Å²) >= 11 is 0. The van der Waals surface area contributed by atoms with Crippen molar-refractivity contribution in [3.63, 3.8) is 0 Å². The fourth-order valence-corrected chi connectivity index (χ4v) is 3.26. The maximum atomic E-state index is 11.5. The Morgan fingerprint density at radius 3 is 2.54 bits per heavy atom. The summed E-state index contributed by atoms with van der Waals surface area (Å²) < 4.78 is 24.4. The lowest BCUT2D eigenvalue weighted by Crippen LogP contribution is -2.35. The summed E-state index contributed by atoms with van der Waals surface area (Å²) in [6.45, 7) is 4.47. The summed E-state index contributed by atoms with van der Waals surface area (Å²) in [7, 11) is -3.32. The van der Waals surface area contributed by atoms with Crippen LogP contribution in [0.3, 0.4) is 0 Å². The van der Waals surface area contributed by atoms with Gasteiger partial charge < -0.3 is 0 Å². The standard InChI is InChI=1S/C8H14N2O2S/c1-7-5-8(2)10(6-7)13(11,12)4-3-9/h7-8H,4-6H2,1-2H3. The van der Waals surface area contributed by atoms with Crippen molar-refractivity contribution in [1.29, 1.82) is 5.26 Å². The van der Waals surface area contributed by atoms with Gasteiger partial charge in [0.25, 0.3) is 0 Å². The van der Waals surface area contributed by atoms with E-state index in [0.29, 0.717) is 12.5 Å². The van der Waals surface area contributed by atoms with E-state index in [4.69, 9.17) is 5.26 Å². The van der Waals surface area contributed by atoms with E-state index < -0.39 is 15.8 Å². The molecular formula is C8H14N2O2S. The van der Waals surface area contributed by atoms with Crippen LogP contribution in [-0.2, 0) is 10.0 Å². The topological polar surface area (TPSA) is 61.2 Å². The second-order valence-corrected chi connectivity index (χ2v) is 5.60. The number of sulfonamides is 1. The predicted octanol–water partition coefficient (Wildman–Crippen LogP) is 0.570. The van der Waals surface area contributed by atoms with E-state index in [1.807, 2.05) is 13.8 Å². The smallest absolute Gasteiger partial charge is 0.211 e. The van der Waals surface area contributed by atoms with Gasteiger partial charge in [0.15, 0.2) is 5.75 Å². The van der Waals surface area contributed by atoms with Crippen LogP contribution in [0.1, 0.15) is 20.3 Å². The monoisotopic (exact) mass is 202 g/mol. The zero-order chi connectivity index (χ0) is 10.1. The maximum absolute atomic E-state index is 11.5. The van der Waals surface area contributed by atoms with Crippen LogP contribution in [0, 0.1) is 17.2 Å². The number of hydrogen-bond donors (Lipinski definition) is 0. The van der Waals surface area contributed by atoms with Gasteiger partial charge in [0.05, 0.1) is 6.07 Å². The van der Waals surface area contributed by atoms with E-state index in [1.54, 1.807) is 6.07 Å². The van der Waals surface area contributed by atoms with Crippen molar-refractivity contribution in [2.24, 2.45) is 5.92 Å². The van der Waals surface area contributed by atoms with Gasteiger partial charge in [0, 0.05) is 12.6 Å². The molecule has 1 heterocycles. The van der Waals surface area contributed by atoms with Gasteiger partial charge in [-0.1, -0.05) is 6.92 Å². The van der Waals surface area contributed by atoms with Gasteiger partial charge in [0.2, 0.25) is 10.0 Å². The molecule has 2 atom stereocenters. The normalized spacial score (nSPS) is 30.2. The SMILES string of the molecule is CC1CC(C)N(S(=O)(=O)CC#N)C1. The zero-order valence-corrected chi connectivity index (χ0v) is 8.71. The molecule has 0 aliphatic carbocycles. The zero-order valence-electron chi connectivity index (χ0n) is 7.90. The summed E-state index contributed by atoms with van der Waals surface area (Å²) in [5.74, 6) is 0.00724. The lowest BCUT2D eigenvalue weighted by molar-refractivity contribution is 0.407. The first-order chi connectivity index (χ1) is 5.97. The molecule has 1 aliphatic heterocycles. The van der Waals surface area contributed by atoms with Gasteiger partial charge in [-0.05, 0) is 19.3 Å². The summed E-state index contributed by atoms with van der Waals surface area (Å²) in [6, 6.07) is 1.74. The first-order valence-corrected chi connectivity index (χ1v) is 5.94. The van der Waals surface area contributed by atoms with Crippen LogP contribution in [0.15, 0.2) is 0 Å². The van der Waals surface area contributed by atoms with Gasteiger partial charge >= 0.3 is 0 Å². The molecule has 0 aromatic heterocycles. The molecular weight excluding hydrogens is 188 g/mol. The van der Waals surface area contributed by atoms with Crippen molar-refractivity contribution in [3.05, 3.63) is 0 Å². The summed E-state index contributed by atoms with van der Waals surface area (Å²) in [4.78, 5) is 0. The lowest BCUT2D eigenvalue weighted by Gasteiger charge is -2.18. The molecule has 1 rings (SSSR count). The van der Waals surface area contributed by atoms with Crippen LogP contribution in [0.5, 0.6) is 0 Å². The molecule has 0 spiro atoms. The molecule has 1 fully saturated rings. The molecule has 1 saturated heterocycles. The van der Waals surface area contributed by atoms with Crippen LogP contribution in [0.2, 0.25) is 0 Å². The molecule has 2 unspecified atom stereocenters. The fourth-order valence-electron chi connectivity index (χ4n) is 1.81. The van der Waals surface area contributed by atoms with E-state index in [0.717, 1.165) is 6.42 Å². The molecule has 13 heavy (non-hydrogen) atoms. The highest BCUT2D eigenvalue weighted by atomic mass is 32.2. The van der Waals surface area contributed by atoms with E-state index in [2.05, 4.69) is 0 Å². The average molecular weight is 202 g/mol. The maximum Gasteiger partial charge on any atom is 0.227 e. The molecule has 4 nitrogen and oxygen atoms in total. The lowest BCUT2D eigenvalue weighted by atomic mass is 10.1. The van der Waals surface area contributed by atoms with Gasteiger partial charge in [0.1, 0.15) is 0 Å². The Balaban J connectivity index is 2.79. The first-order valence-electron chi connectivity index (χ1n) is 4.34. The van der Waals surface area contributed by atoms with E-state index in [9.17, 15) is 8.42 Å². The molecule has 0 radical (unpaired) electrons. The van der Waals surface area contributed by atoms with Gasteiger partial charge in [-0.15, -0.1) is 0 Å². The molecule has 0 bridgehead atoms. The molecule has 0 saturated carbocycles. The highest BCUT2D eigenvalue weighted by Crippen LogP contribution is 2.25. The van der Waals surface area contributed by atoms with Crippen molar-refractivity contribution >= 4 is 10.0 Å². The summed E-state index contributed by atoms with van der Waals surface area (Å²) in [6.07, 6.45) is 0.894. The van der Waals surface area contributed by atoms with Crippen molar-refractivity contribution in [2.75, 3.05) is 12.3 Å². The first kappa shape index (κ1) is 10.5. The number of hydrogen-bond acceptors (Lipinski definition) is 3. The van der Waals surface area contributed by atoms with E-state index in [1.165, 1.54) is 4.31 Å². The Hall–Kier alpha value is -0.600. The van der Waals surface area contributed by atoms with Gasteiger partial charge in [-0.2, -0.15) is 9.57 Å². The van der Waals surface area contributed by atoms with E-state index in [-0.39, 0.29) is 6.04 Å². The summed E-state index contributed by atoms with van der Waals surface area (Å²) in [5.41, 5.74) is 0. The Morgan fingerprint density at radius 1 is 1.54 bits per heavy atom. The highest BCUT2D eigenvalue weighted by molar-refractivity contribution is 7.89. The molecule has 5 heteroatoms. The van der Waals surface area contributed by atoms with E-state index >= 15 is 0 Å². The van der Waals surface area contributed by atoms with Crippen LogP contribution in [-0.4, -0.2) is 31.1 Å². The van der Waals surface area contributed by atoms with Gasteiger partial charge in [-0.3, -0.25) is 0 Å². The van der Waals surface area contributed by atoms with Crippen molar-refractivity contribution in [3.8, 4) is 6.07 Å².